The van der Waals surface area contributed by atoms with Gasteiger partial charge < -0.3 is 35.0 Å². The summed E-state index contributed by atoms with van der Waals surface area (Å²) < 4.78 is 10.3. The highest BCUT2D eigenvalue weighted by molar-refractivity contribution is 6.32. The van der Waals surface area contributed by atoms with Crippen LogP contribution in [0, 0.1) is 6.92 Å². The maximum atomic E-state index is 13.7. The van der Waals surface area contributed by atoms with E-state index in [0.29, 0.717) is 5.56 Å². The molecule has 0 spiro atoms. The maximum Gasteiger partial charge on any atom is 0.427 e. The van der Waals surface area contributed by atoms with Crippen molar-refractivity contribution < 1.29 is 54.2 Å². The number of hydrazone groups is 1. The predicted molar refractivity (Wildman–Crippen MR) is 145 cm³/mol. The van der Waals surface area contributed by atoms with Gasteiger partial charge >= 0.3 is 12.1 Å². The molecule has 3 aromatic rings. The van der Waals surface area contributed by atoms with Crippen molar-refractivity contribution in [1.82, 2.24) is 5.43 Å². The number of phenols is 4. The van der Waals surface area contributed by atoms with Crippen molar-refractivity contribution in [1.29, 1.82) is 0 Å². The Balaban J connectivity index is 1.77. The zero-order valence-corrected chi connectivity index (χ0v) is 22.5. The van der Waals surface area contributed by atoms with Crippen molar-refractivity contribution in [3.05, 3.63) is 62.2 Å². The Bertz CT molecular complexity index is 1790. The van der Waals surface area contributed by atoms with Gasteiger partial charge in [-0.1, -0.05) is 0 Å². The Morgan fingerprint density at radius 2 is 1.67 bits per heavy atom. The van der Waals surface area contributed by atoms with E-state index in [1.807, 2.05) is 0 Å². The standard InChI is InChI=1S/C29H24N2O11/c1-4-42-29(40)31-30-9-12-7-11-5-6-13-18(16(11)24(35)17(12)28(38)39)25(36)20-21(27(13)41-3)26(37)19-14(23(20)34)8-15(32)10(2)22(19)33/h7-9,32-33,35-36H,4-6H2,1-3H3,(H,31,40)(H,38,39)/b30-9+. The minimum atomic E-state index is -1.55. The van der Waals surface area contributed by atoms with Gasteiger partial charge in [0.2, 0.25) is 5.78 Å². The van der Waals surface area contributed by atoms with Crippen LogP contribution in [-0.2, 0) is 17.6 Å². The summed E-state index contributed by atoms with van der Waals surface area (Å²) in [7, 11) is 1.25. The quantitative estimate of drug-likeness (QED) is 0.150. The number of methoxy groups -OCH3 is 1. The monoisotopic (exact) mass is 576 g/mol. The van der Waals surface area contributed by atoms with Gasteiger partial charge in [0, 0.05) is 33.4 Å². The van der Waals surface area contributed by atoms with Gasteiger partial charge in [0.15, 0.2) is 5.78 Å². The molecule has 13 nitrogen and oxygen atoms in total. The SMILES string of the molecule is CCOC(=O)N/N=C/c1cc2c(c(O)c1C(=O)O)-c1c(O)c3c(c(OC)c1CC2)C(=O)c1c(cc(O)c(C)c1O)C3=O. The number of hydrogen-bond acceptors (Lipinski definition) is 11. The molecule has 5 rings (SSSR count). The number of aromatic hydroxyl groups is 4. The molecule has 42 heavy (non-hydrogen) atoms. The number of fused-ring (bicyclic) bond motifs is 5. The molecule has 2 aliphatic rings. The van der Waals surface area contributed by atoms with Crippen LogP contribution in [0.4, 0.5) is 4.79 Å². The third-order valence-corrected chi connectivity index (χ3v) is 7.34. The Kier molecular flexibility index (Phi) is 6.73. The van der Waals surface area contributed by atoms with Gasteiger partial charge in [-0.05, 0) is 44.4 Å². The number of benzene rings is 3. The molecule has 2 aliphatic carbocycles. The zero-order valence-electron chi connectivity index (χ0n) is 22.5. The minimum absolute atomic E-state index is 0.0173. The molecule has 0 heterocycles. The van der Waals surface area contributed by atoms with Crippen LogP contribution >= 0.6 is 0 Å². The fraction of sp³-hybridized carbons (Fsp3) is 0.207. The molecule has 13 heteroatoms. The van der Waals surface area contributed by atoms with Gasteiger partial charge in [0.05, 0.1) is 36.6 Å². The largest absolute Gasteiger partial charge is 0.508 e. The highest BCUT2D eigenvalue weighted by Crippen LogP contribution is 2.54. The van der Waals surface area contributed by atoms with Crippen molar-refractivity contribution in [3.8, 4) is 39.9 Å². The number of carbonyl (C=O) groups excluding carboxylic acids is 3. The molecular weight excluding hydrogens is 552 g/mol. The number of aromatic carboxylic acids is 1. The molecule has 0 fully saturated rings. The first-order chi connectivity index (χ1) is 19.9. The van der Waals surface area contributed by atoms with Crippen molar-refractivity contribution >= 4 is 29.8 Å². The average Bonchev–Trinajstić information content (AvgIpc) is 2.94. The number of carbonyl (C=O) groups is 4. The van der Waals surface area contributed by atoms with E-state index in [1.54, 1.807) is 6.92 Å². The molecule has 0 saturated carbocycles. The molecule has 0 radical (unpaired) electrons. The van der Waals surface area contributed by atoms with Gasteiger partial charge in [-0.25, -0.2) is 15.0 Å². The summed E-state index contributed by atoms with van der Waals surface area (Å²) in [5.41, 5.74) is 0.299. The lowest BCUT2D eigenvalue weighted by Gasteiger charge is -2.30. The first-order valence-corrected chi connectivity index (χ1v) is 12.6. The molecule has 0 saturated heterocycles. The van der Waals surface area contributed by atoms with Crippen LogP contribution < -0.4 is 10.2 Å². The van der Waals surface area contributed by atoms with E-state index in [2.05, 4.69) is 10.5 Å². The number of hydrogen-bond donors (Lipinski definition) is 6. The van der Waals surface area contributed by atoms with E-state index in [1.165, 1.54) is 20.1 Å². The smallest absolute Gasteiger partial charge is 0.427 e. The third kappa shape index (κ3) is 3.97. The third-order valence-electron chi connectivity index (χ3n) is 7.34. The van der Waals surface area contributed by atoms with Crippen LogP contribution in [0.2, 0.25) is 0 Å². The summed E-state index contributed by atoms with van der Waals surface area (Å²) in [4.78, 5) is 51.2. The number of nitrogens with one attached hydrogen (secondary N) is 1. The maximum absolute atomic E-state index is 13.7. The first kappa shape index (κ1) is 28.0. The lowest BCUT2D eigenvalue weighted by atomic mass is 9.74. The number of amides is 1. The van der Waals surface area contributed by atoms with E-state index < -0.39 is 57.8 Å². The van der Waals surface area contributed by atoms with E-state index >= 15 is 0 Å². The summed E-state index contributed by atoms with van der Waals surface area (Å²) in [6, 6.07) is 2.42. The van der Waals surface area contributed by atoms with Crippen molar-refractivity contribution in [3.63, 3.8) is 0 Å². The molecule has 216 valence electrons. The number of ketones is 2. The van der Waals surface area contributed by atoms with Crippen LogP contribution in [0.3, 0.4) is 0 Å². The number of rotatable bonds is 5. The van der Waals surface area contributed by atoms with Gasteiger partial charge in [-0.15, -0.1) is 0 Å². The fourth-order valence-corrected chi connectivity index (χ4v) is 5.48. The molecule has 6 N–H and O–H groups in total. The van der Waals surface area contributed by atoms with Crippen molar-refractivity contribution in [2.45, 2.75) is 26.7 Å². The number of nitrogens with zero attached hydrogens (tertiary/aromatic N) is 1. The lowest BCUT2D eigenvalue weighted by Crippen LogP contribution is -2.24. The highest BCUT2D eigenvalue weighted by atomic mass is 16.5. The second kappa shape index (κ2) is 10.1. The zero-order chi connectivity index (χ0) is 30.6. The van der Waals surface area contributed by atoms with E-state index in [-0.39, 0.29) is 69.7 Å². The molecule has 0 aromatic heterocycles. The van der Waals surface area contributed by atoms with Gasteiger partial charge in [-0.2, -0.15) is 5.10 Å². The second-order valence-electron chi connectivity index (χ2n) is 9.55. The molecule has 0 aliphatic heterocycles. The van der Waals surface area contributed by atoms with Crippen LogP contribution in [0.15, 0.2) is 17.2 Å². The number of phenolic OH excluding ortho intramolecular Hbond substituents is 3. The van der Waals surface area contributed by atoms with E-state index in [0.717, 1.165) is 12.3 Å². The summed E-state index contributed by atoms with van der Waals surface area (Å²) in [5.74, 6) is -5.85. The van der Waals surface area contributed by atoms with Crippen molar-refractivity contribution in [2.24, 2.45) is 5.10 Å². The number of carboxylic acids is 1. The second-order valence-corrected chi connectivity index (χ2v) is 9.55. The van der Waals surface area contributed by atoms with Gasteiger partial charge in [-0.3, -0.25) is 9.59 Å². The Morgan fingerprint density at radius 3 is 2.31 bits per heavy atom. The summed E-state index contributed by atoms with van der Waals surface area (Å²) in [6.45, 7) is 3.04. The molecule has 0 unspecified atom stereocenters. The highest BCUT2D eigenvalue weighted by Gasteiger charge is 2.42. The number of carboxylic acid groups (broad SMARTS) is 1. The average molecular weight is 577 g/mol. The summed E-state index contributed by atoms with van der Waals surface area (Å²) in [6.07, 6.45) is 0.475. The molecule has 3 aromatic carbocycles. The Labute approximate surface area is 237 Å². The van der Waals surface area contributed by atoms with Crippen LogP contribution in [0.25, 0.3) is 11.1 Å². The fourth-order valence-electron chi connectivity index (χ4n) is 5.48. The van der Waals surface area contributed by atoms with Crippen LogP contribution in [0.1, 0.15) is 71.4 Å². The summed E-state index contributed by atoms with van der Waals surface area (Å²) in [5, 5.41) is 57.3. The topological polar surface area (TPSA) is 212 Å². The van der Waals surface area contributed by atoms with E-state index in [4.69, 9.17) is 9.47 Å². The molecule has 1 amide bonds. The van der Waals surface area contributed by atoms with Gasteiger partial charge in [0.1, 0.15) is 34.3 Å². The Hall–Kier alpha value is -5.59. The molecule has 0 atom stereocenters. The number of ether oxygens (including phenoxy) is 2. The normalized spacial score (nSPS) is 13.2. The van der Waals surface area contributed by atoms with Gasteiger partial charge in [0.25, 0.3) is 0 Å². The summed E-state index contributed by atoms with van der Waals surface area (Å²) >= 11 is 0. The lowest BCUT2D eigenvalue weighted by molar-refractivity contribution is 0.0693. The van der Waals surface area contributed by atoms with Crippen LogP contribution in [0.5, 0.6) is 28.7 Å². The Morgan fingerprint density at radius 1 is 0.952 bits per heavy atom. The van der Waals surface area contributed by atoms with Crippen molar-refractivity contribution in [2.75, 3.05) is 13.7 Å². The first-order valence-electron chi connectivity index (χ1n) is 12.6. The van der Waals surface area contributed by atoms with E-state index in [9.17, 15) is 44.7 Å². The number of aryl methyl sites for hydroxylation is 1. The minimum Gasteiger partial charge on any atom is -0.508 e. The predicted octanol–water partition coefficient (Wildman–Crippen LogP) is 3.15. The van der Waals surface area contributed by atoms with Crippen LogP contribution in [-0.4, -0.2) is 69.1 Å². The molecule has 0 bridgehead atoms. The molecular formula is C29H24N2O11.